The van der Waals surface area contributed by atoms with Crippen LogP contribution >= 0.6 is 23.2 Å². The van der Waals surface area contributed by atoms with Crippen LogP contribution in [-0.2, 0) is 4.79 Å². The molecule has 1 fully saturated rings. The maximum atomic E-state index is 11.6. The lowest BCUT2D eigenvalue weighted by Crippen LogP contribution is -2.41. The maximum absolute atomic E-state index is 11.6. The third kappa shape index (κ3) is 3.90. The minimum absolute atomic E-state index is 0.108. The lowest BCUT2D eigenvalue weighted by atomic mass is 9.89. The van der Waals surface area contributed by atoms with E-state index in [2.05, 4.69) is 36.9 Å². The molecule has 0 bridgehead atoms. The van der Waals surface area contributed by atoms with Crippen LogP contribution in [0.15, 0.2) is 36.4 Å². The summed E-state index contributed by atoms with van der Waals surface area (Å²) in [6, 6.07) is 11.9. The SMILES string of the molecule is Cc1ccc(C)c(C(c2cccc(Cl)c2Cl)N2CCCC(C(=O)O)C2)c1. The van der Waals surface area contributed by atoms with Crippen molar-refractivity contribution in [2.24, 2.45) is 5.92 Å². The number of benzene rings is 2. The average Bonchev–Trinajstić information content (AvgIpc) is 2.62. The van der Waals surface area contributed by atoms with Gasteiger partial charge in [0.25, 0.3) is 0 Å². The fraction of sp³-hybridized carbons (Fsp3) is 0.381. The van der Waals surface area contributed by atoms with E-state index in [0.29, 0.717) is 23.0 Å². The molecule has 0 spiro atoms. The molecule has 1 heterocycles. The first kappa shape index (κ1) is 19.2. The number of halogens is 2. The van der Waals surface area contributed by atoms with E-state index in [4.69, 9.17) is 23.2 Å². The molecule has 2 aromatic rings. The summed E-state index contributed by atoms with van der Waals surface area (Å²) in [5.41, 5.74) is 4.41. The Kier molecular flexibility index (Phi) is 5.91. The van der Waals surface area contributed by atoms with E-state index >= 15 is 0 Å². The minimum Gasteiger partial charge on any atom is -0.481 e. The number of rotatable bonds is 4. The predicted octanol–water partition coefficient (Wildman–Crippen LogP) is 5.50. The van der Waals surface area contributed by atoms with Crippen molar-refractivity contribution in [1.29, 1.82) is 0 Å². The fourth-order valence-electron chi connectivity index (χ4n) is 3.79. The molecule has 3 nitrogen and oxygen atoms in total. The molecule has 0 saturated carbocycles. The first-order valence-corrected chi connectivity index (χ1v) is 9.62. The molecule has 1 aliphatic heterocycles. The summed E-state index contributed by atoms with van der Waals surface area (Å²) in [5.74, 6) is -1.08. The predicted molar refractivity (Wildman–Crippen MR) is 106 cm³/mol. The maximum Gasteiger partial charge on any atom is 0.307 e. The van der Waals surface area contributed by atoms with E-state index in [9.17, 15) is 9.90 Å². The second kappa shape index (κ2) is 7.99. The van der Waals surface area contributed by atoms with Crippen LogP contribution in [0.3, 0.4) is 0 Å². The fourth-order valence-corrected chi connectivity index (χ4v) is 4.20. The number of hydrogen-bond acceptors (Lipinski definition) is 2. The topological polar surface area (TPSA) is 40.5 Å². The standard InChI is InChI=1S/C21H23Cl2NO2/c1-13-8-9-14(2)17(11-13)20(16-6-3-7-18(22)19(16)23)24-10-4-5-15(12-24)21(25)26/h3,6-9,11,15,20H,4-5,10,12H2,1-2H3,(H,25,26). The third-order valence-electron chi connectivity index (χ3n) is 5.17. The van der Waals surface area contributed by atoms with Gasteiger partial charge in [0, 0.05) is 6.54 Å². The molecule has 1 saturated heterocycles. The number of hydrogen-bond donors (Lipinski definition) is 1. The van der Waals surface area contributed by atoms with Crippen LogP contribution in [0.25, 0.3) is 0 Å². The van der Waals surface area contributed by atoms with E-state index in [0.717, 1.165) is 29.7 Å². The van der Waals surface area contributed by atoms with Crippen LogP contribution < -0.4 is 0 Å². The molecule has 0 amide bonds. The first-order chi connectivity index (χ1) is 12.4. The lowest BCUT2D eigenvalue weighted by Gasteiger charge is -2.38. The number of piperidine rings is 1. The molecular weight excluding hydrogens is 369 g/mol. The third-order valence-corrected chi connectivity index (χ3v) is 6.01. The zero-order valence-electron chi connectivity index (χ0n) is 15.0. The van der Waals surface area contributed by atoms with Crippen molar-refractivity contribution in [3.63, 3.8) is 0 Å². The molecule has 1 N–H and O–H groups in total. The van der Waals surface area contributed by atoms with Crippen molar-refractivity contribution in [3.8, 4) is 0 Å². The summed E-state index contributed by atoms with van der Waals surface area (Å²) in [5, 5.41) is 10.6. The van der Waals surface area contributed by atoms with Crippen molar-refractivity contribution >= 4 is 29.2 Å². The first-order valence-electron chi connectivity index (χ1n) is 8.86. The number of carbonyl (C=O) groups is 1. The van der Waals surface area contributed by atoms with Crippen LogP contribution in [0.1, 0.15) is 41.1 Å². The Morgan fingerprint density at radius 1 is 1.19 bits per heavy atom. The number of aliphatic carboxylic acids is 1. The molecule has 0 aliphatic carbocycles. The molecule has 0 radical (unpaired) electrons. The van der Waals surface area contributed by atoms with Gasteiger partial charge in [-0.3, -0.25) is 9.69 Å². The Morgan fingerprint density at radius 3 is 2.69 bits per heavy atom. The molecule has 1 aliphatic rings. The lowest BCUT2D eigenvalue weighted by molar-refractivity contribution is -0.143. The highest BCUT2D eigenvalue weighted by Gasteiger charge is 2.33. The van der Waals surface area contributed by atoms with Crippen LogP contribution in [-0.4, -0.2) is 29.1 Å². The van der Waals surface area contributed by atoms with Crippen LogP contribution in [0.2, 0.25) is 10.0 Å². The highest BCUT2D eigenvalue weighted by Crippen LogP contribution is 2.39. The Labute approximate surface area is 164 Å². The van der Waals surface area contributed by atoms with Crippen LogP contribution in [0.4, 0.5) is 0 Å². The summed E-state index contributed by atoms with van der Waals surface area (Å²) in [7, 11) is 0. The van der Waals surface area contributed by atoms with Crippen molar-refractivity contribution in [1.82, 2.24) is 4.90 Å². The Morgan fingerprint density at radius 2 is 1.96 bits per heavy atom. The van der Waals surface area contributed by atoms with Gasteiger partial charge in [0.1, 0.15) is 0 Å². The van der Waals surface area contributed by atoms with Gasteiger partial charge in [-0.05, 0) is 56.0 Å². The molecule has 5 heteroatoms. The number of nitrogens with zero attached hydrogens (tertiary/aromatic N) is 1. The minimum atomic E-state index is -0.730. The van der Waals surface area contributed by atoms with Crippen molar-refractivity contribution in [3.05, 3.63) is 68.7 Å². The number of carboxylic acid groups (broad SMARTS) is 1. The van der Waals surface area contributed by atoms with Gasteiger partial charge in [0.05, 0.1) is 22.0 Å². The van der Waals surface area contributed by atoms with E-state index < -0.39 is 5.97 Å². The largest absolute Gasteiger partial charge is 0.481 e. The number of likely N-dealkylation sites (tertiary alicyclic amines) is 1. The highest BCUT2D eigenvalue weighted by molar-refractivity contribution is 6.42. The molecule has 26 heavy (non-hydrogen) atoms. The van der Waals surface area contributed by atoms with Gasteiger partial charge in [-0.1, -0.05) is 59.1 Å². The smallest absolute Gasteiger partial charge is 0.307 e. The molecule has 2 unspecified atom stereocenters. The van der Waals surface area contributed by atoms with Crippen LogP contribution in [0.5, 0.6) is 0 Å². The Bertz CT molecular complexity index is 820. The molecule has 138 valence electrons. The normalized spacial score (nSPS) is 19.3. The molecule has 2 aromatic carbocycles. The molecule has 2 atom stereocenters. The monoisotopic (exact) mass is 391 g/mol. The van der Waals surface area contributed by atoms with Gasteiger partial charge in [-0.25, -0.2) is 0 Å². The Balaban J connectivity index is 2.11. The summed E-state index contributed by atoms with van der Waals surface area (Å²) >= 11 is 12.9. The van der Waals surface area contributed by atoms with E-state index in [1.54, 1.807) is 6.07 Å². The summed E-state index contributed by atoms with van der Waals surface area (Å²) in [4.78, 5) is 13.8. The zero-order valence-corrected chi connectivity index (χ0v) is 16.5. The quantitative estimate of drug-likeness (QED) is 0.747. The van der Waals surface area contributed by atoms with Crippen LogP contribution in [0, 0.1) is 19.8 Å². The Hall–Kier alpha value is -1.55. The summed E-state index contributed by atoms with van der Waals surface area (Å²) in [6.07, 6.45) is 1.57. The summed E-state index contributed by atoms with van der Waals surface area (Å²) < 4.78 is 0. The zero-order chi connectivity index (χ0) is 18.8. The van der Waals surface area contributed by atoms with Gasteiger partial charge in [0.15, 0.2) is 0 Å². The molecule has 3 rings (SSSR count). The van der Waals surface area contributed by atoms with Crippen molar-refractivity contribution in [2.45, 2.75) is 32.7 Å². The van der Waals surface area contributed by atoms with E-state index in [1.165, 1.54) is 5.56 Å². The molecular formula is C21H23Cl2NO2. The van der Waals surface area contributed by atoms with Gasteiger partial charge < -0.3 is 5.11 Å². The number of carboxylic acids is 1. The van der Waals surface area contributed by atoms with Gasteiger partial charge in [-0.2, -0.15) is 0 Å². The summed E-state index contributed by atoms with van der Waals surface area (Å²) in [6.45, 7) is 5.50. The highest BCUT2D eigenvalue weighted by atomic mass is 35.5. The van der Waals surface area contributed by atoms with Gasteiger partial charge >= 0.3 is 5.97 Å². The number of aryl methyl sites for hydroxylation is 2. The van der Waals surface area contributed by atoms with E-state index in [1.807, 2.05) is 12.1 Å². The average molecular weight is 392 g/mol. The van der Waals surface area contributed by atoms with Crippen molar-refractivity contribution < 1.29 is 9.90 Å². The van der Waals surface area contributed by atoms with E-state index in [-0.39, 0.29) is 12.0 Å². The second-order valence-corrected chi connectivity index (χ2v) is 7.86. The van der Waals surface area contributed by atoms with Gasteiger partial charge in [0.2, 0.25) is 0 Å². The molecule has 0 aromatic heterocycles. The second-order valence-electron chi connectivity index (χ2n) is 7.08. The van der Waals surface area contributed by atoms with Gasteiger partial charge in [-0.15, -0.1) is 0 Å². The van der Waals surface area contributed by atoms with Crippen molar-refractivity contribution in [2.75, 3.05) is 13.1 Å².